The average molecular weight is 823 g/mol. The molecule has 3 aromatic heterocycles. The van der Waals surface area contributed by atoms with Crippen LogP contribution in [0.25, 0.3) is 27.5 Å². The molecule has 1 saturated carbocycles. The first kappa shape index (κ1) is 37.4. The van der Waals surface area contributed by atoms with Gasteiger partial charge in [-0.15, -0.1) is 0 Å². The van der Waals surface area contributed by atoms with Gasteiger partial charge in [0.25, 0.3) is 17.9 Å². The lowest BCUT2D eigenvalue weighted by Gasteiger charge is -2.24. The average Bonchev–Trinajstić information content (AvgIpc) is 3.63. The van der Waals surface area contributed by atoms with E-state index in [1.165, 1.54) is 36.0 Å². The molecule has 2 aliphatic carbocycles. The lowest BCUT2D eigenvalue weighted by Crippen LogP contribution is -2.38. The molecule has 12 nitrogen and oxygen atoms in total. The second-order valence-corrected chi connectivity index (χ2v) is 15.8. The largest absolute Gasteiger partial charge is 0.344 e. The van der Waals surface area contributed by atoms with Crippen LogP contribution in [0.5, 0.6) is 0 Å². The molecule has 3 atom stereocenters. The maximum atomic E-state index is 15.4. The SMILES string of the molecule is Cn1nc(NS(C)(=O)=O)c2c(Cl)ccc(-n3c([C@H](Cc4cc(F)cc(F)c4)NC(=O)Cn4nc(C(F)F)c5c4C(F)(F)[C@@H]4C[C@H]54)nc4cccc(F)c4c3=O)c21. The molecule has 0 spiro atoms. The molecule has 292 valence electrons. The minimum Gasteiger partial charge on any atom is -0.344 e. The summed E-state index contributed by atoms with van der Waals surface area (Å²) in [6, 6.07) is 7.00. The number of aromatic nitrogens is 6. The Morgan fingerprint density at radius 3 is 2.45 bits per heavy atom. The monoisotopic (exact) mass is 822 g/mol. The predicted octanol–water partition coefficient (Wildman–Crippen LogP) is 6.16. The number of aryl methyl sites for hydroxylation is 1. The van der Waals surface area contributed by atoms with Gasteiger partial charge in [-0.1, -0.05) is 17.7 Å². The quantitative estimate of drug-likeness (QED) is 0.158. The molecule has 1 fully saturated rings. The van der Waals surface area contributed by atoms with Gasteiger partial charge in [0.05, 0.1) is 39.4 Å². The summed E-state index contributed by atoms with van der Waals surface area (Å²) in [5.74, 6) is -10.4. The number of halogens is 8. The van der Waals surface area contributed by atoms with Crippen LogP contribution in [0.3, 0.4) is 0 Å². The van der Waals surface area contributed by atoms with Gasteiger partial charge in [0.1, 0.15) is 46.6 Å². The Labute approximate surface area is 315 Å². The molecule has 2 N–H and O–H groups in total. The van der Waals surface area contributed by atoms with Crippen molar-refractivity contribution in [3.63, 3.8) is 0 Å². The Morgan fingerprint density at radius 2 is 1.77 bits per heavy atom. The van der Waals surface area contributed by atoms with Crippen LogP contribution in [0.1, 0.15) is 53.1 Å². The summed E-state index contributed by atoms with van der Waals surface area (Å²) >= 11 is 6.51. The van der Waals surface area contributed by atoms with Gasteiger partial charge in [-0.2, -0.15) is 19.0 Å². The second-order valence-electron chi connectivity index (χ2n) is 13.7. The Morgan fingerprint density at radius 1 is 1.05 bits per heavy atom. The van der Waals surface area contributed by atoms with Crippen molar-refractivity contribution < 1.29 is 43.9 Å². The van der Waals surface area contributed by atoms with Gasteiger partial charge in [-0.25, -0.2) is 35.4 Å². The summed E-state index contributed by atoms with van der Waals surface area (Å²) in [4.78, 5) is 32.9. The summed E-state index contributed by atoms with van der Waals surface area (Å²) in [6.45, 7) is -1.02. The Hall–Kier alpha value is -5.50. The maximum Gasteiger partial charge on any atom is 0.293 e. The second kappa shape index (κ2) is 13.0. The van der Waals surface area contributed by atoms with E-state index in [1.807, 2.05) is 0 Å². The number of alkyl halides is 4. The summed E-state index contributed by atoms with van der Waals surface area (Å²) in [7, 11) is -2.54. The third-order valence-electron chi connectivity index (χ3n) is 9.78. The van der Waals surface area contributed by atoms with Crippen molar-refractivity contribution in [3.8, 4) is 5.69 Å². The molecule has 6 aromatic rings. The number of hydrogen-bond acceptors (Lipinski definition) is 7. The predicted molar refractivity (Wildman–Crippen MR) is 188 cm³/mol. The molecule has 8 rings (SSSR count). The molecule has 2 aliphatic rings. The highest BCUT2D eigenvalue weighted by Gasteiger charge is 2.67. The van der Waals surface area contributed by atoms with Crippen LogP contribution in [0.15, 0.2) is 53.3 Å². The maximum absolute atomic E-state index is 15.4. The fourth-order valence-corrected chi connectivity index (χ4v) is 8.32. The van der Waals surface area contributed by atoms with E-state index < -0.39 is 98.9 Å². The molecular formula is C35H26ClF7N8O4S. The summed E-state index contributed by atoms with van der Waals surface area (Å²) in [5.41, 5.74) is -3.46. The smallest absolute Gasteiger partial charge is 0.293 e. The standard InChI is InChI=1S/C35H26ClF7N8O4S/c1-49-29-23(7-6-19(36)26(29)32(47-49)48-56(2,54)55)51-33(45-21-5-3-4-20(39)27(21)34(51)53)22(10-14-8-15(37)11-16(38)9-14)44-24(52)13-50-30-25(28(46-50)31(40)41)17-12-18(17)35(30,42)43/h3-9,11,17-18,22,31H,10,12-13H2,1-2H3,(H,44,52)(H,47,48)/t17-,18+,22-/m0/s1. The van der Waals surface area contributed by atoms with E-state index in [-0.39, 0.29) is 56.3 Å². The Kier molecular flexibility index (Phi) is 8.71. The molecule has 3 heterocycles. The van der Waals surface area contributed by atoms with E-state index in [0.29, 0.717) is 10.7 Å². The fraction of sp³-hybridized carbons (Fsp3) is 0.286. The van der Waals surface area contributed by atoms with Crippen molar-refractivity contribution in [1.29, 1.82) is 0 Å². The highest BCUT2D eigenvalue weighted by atomic mass is 35.5. The van der Waals surface area contributed by atoms with Crippen molar-refractivity contribution in [1.82, 2.24) is 34.4 Å². The first-order valence-corrected chi connectivity index (χ1v) is 19.0. The van der Waals surface area contributed by atoms with Crippen LogP contribution < -0.4 is 15.6 Å². The van der Waals surface area contributed by atoms with E-state index in [4.69, 9.17) is 11.6 Å². The number of sulfonamides is 1. The highest BCUT2D eigenvalue weighted by Crippen LogP contribution is 2.68. The van der Waals surface area contributed by atoms with Crippen LogP contribution >= 0.6 is 11.6 Å². The number of rotatable bonds is 10. The number of amides is 1. The first-order valence-electron chi connectivity index (χ1n) is 16.7. The zero-order chi connectivity index (χ0) is 40.2. The van der Waals surface area contributed by atoms with Crippen LogP contribution in [-0.4, -0.2) is 49.7 Å². The van der Waals surface area contributed by atoms with Crippen LogP contribution in [0.2, 0.25) is 5.02 Å². The van der Waals surface area contributed by atoms with Gasteiger partial charge in [-0.3, -0.25) is 28.2 Å². The highest BCUT2D eigenvalue weighted by molar-refractivity contribution is 7.92. The van der Waals surface area contributed by atoms with E-state index in [0.717, 1.165) is 29.0 Å². The zero-order valence-electron chi connectivity index (χ0n) is 28.8. The summed E-state index contributed by atoms with van der Waals surface area (Å²) in [6.07, 6.45) is -2.89. The van der Waals surface area contributed by atoms with Gasteiger partial charge >= 0.3 is 0 Å². The molecule has 56 heavy (non-hydrogen) atoms. The number of benzene rings is 3. The molecule has 0 saturated heterocycles. The molecule has 0 unspecified atom stereocenters. The van der Waals surface area contributed by atoms with Gasteiger partial charge in [0.15, 0.2) is 5.82 Å². The molecule has 3 aromatic carbocycles. The number of anilines is 1. The minimum atomic E-state index is -3.93. The first-order chi connectivity index (χ1) is 26.3. The number of nitrogens with zero attached hydrogens (tertiary/aromatic N) is 6. The van der Waals surface area contributed by atoms with Crippen LogP contribution in [0, 0.1) is 23.4 Å². The normalized spacial score (nSPS) is 17.7. The van der Waals surface area contributed by atoms with Gasteiger partial charge in [-0.05, 0) is 54.3 Å². The molecule has 1 amide bonds. The molecule has 0 bridgehead atoms. The van der Waals surface area contributed by atoms with Crippen molar-refractivity contribution in [3.05, 3.63) is 110 Å². The van der Waals surface area contributed by atoms with Gasteiger partial charge in [0.2, 0.25) is 15.9 Å². The van der Waals surface area contributed by atoms with Crippen molar-refractivity contribution in [2.75, 3.05) is 11.0 Å². The zero-order valence-corrected chi connectivity index (χ0v) is 30.4. The van der Waals surface area contributed by atoms with Gasteiger partial charge < -0.3 is 5.32 Å². The topological polar surface area (TPSA) is 146 Å². The Balaban J connectivity index is 1.32. The van der Waals surface area contributed by atoms with Crippen molar-refractivity contribution in [2.24, 2.45) is 13.0 Å². The number of nitrogens with one attached hydrogen (secondary N) is 2. The van der Waals surface area contributed by atoms with Crippen molar-refractivity contribution >= 4 is 55.2 Å². The number of hydrogen-bond donors (Lipinski definition) is 2. The Bertz CT molecular complexity index is 2810. The third kappa shape index (κ3) is 6.23. The van der Waals surface area contributed by atoms with Crippen molar-refractivity contribution in [2.45, 2.75) is 43.7 Å². The third-order valence-corrected chi connectivity index (χ3v) is 10.7. The number of carbonyl (C=O) groups is 1. The van der Waals surface area contributed by atoms with Crippen LogP contribution in [0.4, 0.5) is 36.6 Å². The molecule has 0 aliphatic heterocycles. The van der Waals surface area contributed by atoms with Crippen LogP contribution in [-0.2, 0) is 40.8 Å². The summed E-state index contributed by atoms with van der Waals surface area (Å²) < 4.78 is 132. The molecule has 0 radical (unpaired) electrons. The molecular weight excluding hydrogens is 797 g/mol. The summed E-state index contributed by atoms with van der Waals surface area (Å²) in [5, 5.41) is 9.88. The van der Waals surface area contributed by atoms with E-state index in [9.17, 15) is 35.6 Å². The lowest BCUT2D eigenvalue weighted by atomic mass is 10.0. The number of fused-ring (bicyclic) bond motifs is 5. The van der Waals surface area contributed by atoms with Gasteiger partial charge in [0, 0.05) is 31.0 Å². The lowest BCUT2D eigenvalue weighted by molar-refractivity contribution is -0.123. The number of carbonyl (C=O) groups excluding carboxylic acids is 1. The van der Waals surface area contributed by atoms with E-state index >= 15 is 13.2 Å². The fourth-order valence-electron chi connectivity index (χ4n) is 7.58. The van der Waals surface area contributed by atoms with E-state index in [1.54, 1.807) is 0 Å². The minimum absolute atomic E-state index is 0.00212. The van der Waals surface area contributed by atoms with E-state index in [2.05, 4.69) is 25.2 Å². The molecule has 21 heteroatoms.